The Kier molecular flexibility index (Phi) is 4.34. The Hall–Kier alpha value is -2.37. The van der Waals surface area contributed by atoms with Crippen molar-refractivity contribution in [3.05, 3.63) is 35.9 Å². The standard InChI is InChI=1S/C14H16N2O4/c17-12-7-10(8-15-12)13(18)16-11(14(19)20)6-9-4-2-1-3-5-9/h1-5,10-11H,6-8H2,(H,15,17)(H,16,18)(H,19,20)/t10-,11-/m1/s1. The van der Waals surface area contributed by atoms with Crippen molar-refractivity contribution in [2.45, 2.75) is 18.9 Å². The number of carboxylic acids is 1. The number of benzene rings is 1. The van der Waals surface area contributed by atoms with Gasteiger partial charge in [0.25, 0.3) is 0 Å². The molecule has 1 aromatic carbocycles. The number of aliphatic carboxylic acids is 1. The Morgan fingerprint density at radius 3 is 2.60 bits per heavy atom. The molecule has 1 fully saturated rings. The summed E-state index contributed by atoms with van der Waals surface area (Å²) in [5.41, 5.74) is 0.834. The molecule has 0 unspecified atom stereocenters. The number of nitrogens with one attached hydrogen (secondary N) is 2. The first-order chi connectivity index (χ1) is 9.56. The Morgan fingerprint density at radius 2 is 2.05 bits per heavy atom. The normalized spacial score (nSPS) is 19.2. The highest BCUT2D eigenvalue weighted by Crippen LogP contribution is 2.10. The van der Waals surface area contributed by atoms with Crippen molar-refractivity contribution in [1.29, 1.82) is 0 Å². The van der Waals surface area contributed by atoms with E-state index in [0.717, 1.165) is 5.56 Å². The minimum absolute atomic E-state index is 0.115. The maximum atomic E-state index is 11.9. The van der Waals surface area contributed by atoms with Crippen LogP contribution in [-0.4, -0.2) is 35.5 Å². The van der Waals surface area contributed by atoms with Crippen molar-refractivity contribution in [2.24, 2.45) is 5.92 Å². The highest BCUT2D eigenvalue weighted by molar-refractivity contribution is 5.91. The van der Waals surface area contributed by atoms with Crippen LogP contribution in [0, 0.1) is 5.92 Å². The predicted octanol–water partition coefficient (Wildman–Crippen LogP) is -0.0654. The molecule has 1 heterocycles. The molecular weight excluding hydrogens is 260 g/mol. The van der Waals surface area contributed by atoms with Crippen molar-refractivity contribution in [2.75, 3.05) is 6.54 Å². The Labute approximate surface area is 116 Å². The molecule has 0 aromatic heterocycles. The van der Waals surface area contributed by atoms with E-state index in [1.54, 1.807) is 0 Å². The first-order valence-corrected chi connectivity index (χ1v) is 6.40. The molecule has 0 radical (unpaired) electrons. The van der Waals surface area contributed by atoms with Gasteiger partial charge in [-0.15, -0.1) is 0 Å². The second-order valence-electron chi connectivity index (χ2n) is 4.79. The molecule has 106 valence electrons. The molecule has 1 aromatic rings. The van der Waals surface area contributed by atoms with Crippen LogP contribution in [0.15, 0.2) is 30.3 Å². The first kappa shape index (κ1) is 14.0. The minimum atomic E-state index is -1.08. The molecule has 1 aliphatic rings. The van der Waals surface area contributed by atoms with Gasteiger partial charge < -0.3 is 15.7 Å². The van der Waals surface area contributed by atoms with Gasteiger partial charge in [-0.3, -0.25) is 9.59 Å². The molecule has 0 aliphatic carbocycles. The van der Waals surface area contributed by atoms with E-state index in [1.165, 1.54) is 0 Å². The number of hydrogen-bond donors (Lipinski definition) is 3. The van der Waals surface area contributed by atoms with Crippen molar-refractivity contribution in [3.63, 3.8) is 0 Å². The van der Waals surface area contributed by atoms with Crippen molar-refractivity contribution < 1.29 is 19.5 Å². The van der Waals surface area contributed by atoms with Crippen molar-refractivity contribution in [1.82, 2.24) is 10.6 Å². The second-order valence-corrected chi connectivity index (χ2v) is 4.79. The minimum Gasteiger partial charge on any atom is -0.480 e. The summed E-state index contributed by atoms with van der Waals surface area (Å²) < 4.78 is 0. The topological polar surface area (TPSA) is 95.5 Å². The van der Waals surface area contributed by atoms with Gasteiger partial charge in [-0.05, 0) is 5.56 Å². The third-order valence-electron chi connectivity index (χ3n) is 3.25. The van der Waals surface area contributed by atoms with Crippen LogP contribution in [0.5, 0.6) is 0 Å². The summed E-state index contributed by atoms with van der Waals surface area (Å²) in [7, 11) is 0. The van der Waals surface area contributed by atoms with E-state index in [2.05, 4.69) is 10.6 Å². The van der Waals surface area contributed by atoms with Gasteiger partial charge >= 0.3 is 5.97 Å². The summed E-state index contributed by atoms with van der Waals surface area (Å²) in [6.07, 6.45) is 0.333. The summed E-state index contributed by atoms with van der Waals surface area (Å²) in [6.45, 7) is 0.266. The summed E-state index contributed by atoms with van der Waals surface area (Å²) >= 11 is 0. The zero-order valence-electron chi connectivity index (χ0n) is 10.8. The van der Waals surface area contributed by atoms with Crippen LogP contribution in [0.2, 0.25) is 0 Å². The van der Waals surface area contributed by atoms with Gasteiger partial charge in [0.2, 0.25) is 11.8 Å². The lowest BCUT2D eigenvalue weighted by atomic mass is 10.0. The molecule has 20 heavy (non-hydrogen) atoms. The Balaban J connectivity index is 1.97. The fraction of sp³-hybridized carbons (Fsp3) is 0.357. The lowest BCUT2D eigenvalue weighted by Crippen LogP contribution is -2.45. The van der Waals surface area contributed by atoms with E-state index in [0.29, 0.717) is 0 Å². The molecule has 3 N–H and O–H groups in total. The monoisotopic (exact) mass is 276 g/mol. The smallest absolute Gasteiger partial charge is 0.326 e. The number of carboxylic acid groups (broad SMARTS) is 1. The van der Waals surface area contributed by atoms with E-state index in [-0.39, 0.29) is 25.3 Å². The van der Waals surface area contributed by atoms with Gasteiger partial charge in [0.05, 0.1) is 5.92 Å². The Bertz CT molecular complexity index is 515. The average Bonchev–Trinajstić information content (AvgIpc) is 2.86. The number of amides is 2. The van der Waals surface area contributed by atoms with Crippen LogP contribution in [0.25, 0.3) is 0 Å². The average molecular weight is 276 g/mol. The highest BCUT2D eigenvalue weighted by Gasteiger charge is 2.30. The van der Waals surface area contributed by atoms with E-state index in [9.17, 15) is 19.5 Å². The summed E-state index contributed by atoms with van der Waals surface area (Å²) in [4.78, 5) is 34.2. The number of hydrogen-bond acceptors (Lipinski definition) is 3. The fourth-order valence-electron chi connectivity index (χ4n) is 2.13. The van der Waals surface area contributed by atoms with E-state index in [1.807, 2.05) is 30.3 Å². The van der Waals surface area contributed by atoms with Crippen LogP contribution in [-0.2, 0) is 20.8 Å². The predicted molar refractivity (Wildman–Crippen MR) is 70.8 cm³/mol. The first-order valence-electron chi connectivity index (χ1n) is 6.40. The second kappa shape index (κ2) is 6.18. The van der Waals surface area contributed by atoms with Crippen LogP contribution in [0.4, 0.5) is 0 Å². The van der Waals surface area contributed by atoms with Crippen molar-refractivity contribution in [3.8, 4) is 0 Å². The maximum Gasteiger partial charge on any atom is 0.326 e. The molecule has 1 saturated heterocycles. The third kappa shape index (κ3) is 3.57. The van der Waals surface area contributed by atoms with Crippen LogP contribution < -0.4 is 10.6 Å². The molecule has 0 spiro atoms. The fourth-order valence-corrected chi connectivity index (χ4v) is 2.13. The van der Waals surface area contributed by atoms with E-state index >= 15 is 0 Å². The summed E-state index contributed by atoms with van der Waals surface area (Å²) in [6, 6.07) is 8.10. The largest absolute Gasteiger partial charge is 0.480 e. The molecule has 2 rings (SSSR count). The van der Waals surface area contributed by atoms with Gasteiger partial charge in [0, 0.05) is 19.4 Å². The zero-order valence-corrected chi connectivity index (χ0v) is 10.8. The number of rotatable bonds is 5. The molecule has 6 heteroatoms. The SMILES string of the molecule is O=C1C[C@@H](C(=O)N[C@H](Cc2ccccc2)C(=O)O)CN1. The van der Waals surface area contributed by atoms with E-state index < -0.39 is 23.8 Å². The van der Waals surface area contributed by atoms with Crippen LogP contribution in [0.3, 0.4) is 0 Å². The van der Waals surface area contributed by atoms with Crippen LogP contribution in [0.1, 0.15) is 12.0 Å². The Morgan fingerprint density at radius 1 is 1.35 bits per heavy atom. The molecule has 0 saturated carbocycles. The molecule has 2 atom stereocenters. The summed E-state index contributed by atoms with van der Waals surface area (Å²) in [5, 5.41) is 14.2. The van der Waals surface area contributed by atoms with Gasteiger partial charge in [0.15, 0.2) is 0 Å². The van der Waals surface area contributed by atoms with Gasteiger partial charge in [-0.2, -0.15) is 0 Å². The molecular formula is C14H16N2O4. The van der Waals surface area contributed by atoms with E-state index in [4.69, 9.17) is 0 Å². The lowest BCUT2D eigenvalue weighted by Gasteiger charge is -2.16. The molecule has 0 bridgehead atoms. The highest BCUT2D eigenvalue weighted by atomic mass is 16.4. The van der Waals surface area contributed by atoms with Gasteiger partial charge in [-0.25, -0.2) is 4.79 Å². The number of carbonyl (C=O) groups excluding carboxylic acids is 2. The maximum absolute atomic E-state index is 11.9. The molecule has 6 nitrogen and oxygen atoms in total. The number of carbonyl (C=O) groups is 3. The lowest BCUT2D eigenvalue weighted by molar-refractivity contribution is -0.142. The summed E-state index contributed by atoms with van der Waals surface area (Å²) in [5.74, 6) is -2.15. The van der Waals surface area contributed by atoms with Gasteiger partial charge in [0.1, 0.15) is 6.04 Å². The van der Waals surface area contributed by atoms with Crippen molar-refractivity contribution >= 4 is 17.8 Å². The molecule has 1 aliphatic heterocycles. The quantitative estimate of drug-likeness (QED) is 0.701. The van der Waals surface area contributed by atoms with Crippen LogP contribution >= 0.6 is 0 Å². The molecule has 2 amide bonds. The zero-order chi connectivity index (χ0) is 14.5. The van der Waals surface area contributed by atoms with Gasteiger partial charge in [-0.1, -0.05) is 30.3 Å². The third-order valence-corrected chi connectivity index (χ3v) is 3.25.